The Kier molecular flexibility index (Phi) is 7.72. The predicted molar refractivity (Wildman–Crippen MR) is 141 cm³/mol. The van der Waals surface area contributed by atoms with Crippen molar-refractivity contribution in [3.05, 3.63) is 35.8 Å². The highest BCUT2D eigenvalue weighted by Gasteiger charge is 2.54. The van der Waals surface area contributed by atoms with Crippen molar-refractivity contribution in [1.29, 1.82) is 0 Å². The number of aromatic nitrogens is 1. The van der Waals surface area contributed by atoms with E-state index in [0.717, 1.165) is 43.1 Å². The first-order valence-corrected chi connectivity index (χ1v) is 13.7. The molecular weight excluding hydrogens is 489 g/mol. The zero-order chi connectivity index (χ0) is 27.0. The highest BCUT2D eigenvalue weighted by atomic mass is 19.1. The van der Waals surface area contributed by atoms with Gasteiger partial charge in [0.15, 0.2) is 0 Å². The van der Waals surface area contributed by atoms with Crippen LogP contribution in [0.25, 0.3) is 10.9 Å². The number of aromatic amines is 1. The Morgan fingerprint density at radius 2 is 1.95 bits per heavy atom. The average molecular weight is 528 g/mol. The van der Waals surface area contributed by atoms with Gasteiger partial charge in [-0.1, -0.05) is 19.3 Å². The number of hydrogen-bond acceptors (Lipinski definition) is 6. The molecule has 0 bridgehead atoms. The summed E-state index contributed by atoms with van der Waals surface area (Å²) in [6.07, 6.45) is 6.36. The molecule has 10 heteroatoms. The molecule has 206 valence electrons. The molecule has 9 nitrogen and oxygen atoms in total. The summed E-state index contributed by atoms with van der Waals surface area (Å²) in [5.74, 6) is -1.08. The minimum absolute atomic E-state index is 0.0550. The second kappa shape index (κ2) is 11.0. The quantitative estimate of drug-likeness (QED) is 0.411. The second-order valence-corrected chi connectivity index (χ2v) is 11.0. The minimum Gasteiger partial charge on any atom is -0.459 e. The van der Waals surface area contributed by atoms with Gasteiger partial charge in [0.25, 0.3) is 0 Å². The summed E-state index contributed by atoms with van der Waals surface area (Å²) >= 11 is 0. The first-order valence-electron chi connectivity index (χ1n) is 13.7. The first-order chi connectivity index (χ1) is 18.3. The maximum absolute atomic E-state index is 14.4. The fraction of sp³-hybridized carbons (Fsp3) is 0.607. The molecule has 38 heavy (non-hydrogen) atoms. The molecule has 2 saturated heterocycles. The van der Waals surface area contributed by atoms with Crippen molar-refractivity contribution in [1.82, 2.24) is 25.8 Å². The lowest BCUT2D eigenvalue weighted by Crippen LogP contribution is -2.57. The number of amides is 2. The number of esters is 1. The molecular formula is C28H38FN5O4. The molecule has 2 amide bonds. The summed E-state index contributed by atoms with van der Waals surface area (Å²) < 4.78 is 19.5. The van der Waals surface area contributed by atoms with Crippen molar-refractivity contribution in [3.8, 4) is 0 Å². The van der Waals surface area contributed by atoms with E-state index in [1.54, 1.807) is 20.0 Å². The Labute approximate surface area is 222 Å². The Balaban J connectivity index is 1.49. The summed E-state index contributed by atoms with van der Waals surface area (Å²) in [4.78, 5) is 44.3. The number of H-pyrrole nitrogens is 1. The van der Waals surface area contributed by atoms with Gasteiger partial charge in [0.2, 0.25) is 11.8 Å². The Morgan fingerprint density at radius 1 is 1.18 bits per heavy atom. The van der Waals surface area contributed by atoms with E-state index in [-0.39, 0.29) is 48.1 Å². The van der Waals surface area contributed by atoms with Crippen LogP contribution in [-0.2, 0) is 19.1 Å². The second-order valence-electron chi connectivity index (χ2n) is 11.0. The minimum atomic E-state index is -0.645. The lowest BCUT2D eigenvalue weighted by molar-refractivity contribution is -0.147. The van der Waals surface area contributed by atoms with E-state index in [1.165, 1.54) is 19.1 Å². The third kappa shape index (κ3) is 5.03. The number of carbonyl (C=O) groups excluding carboxylic acids is 3. The number of nitrogens with zero attached hydrogens (tertiary/aromatic N) is 1. The van der Waals surface area contributed by atoms with E-state index in [0.29, 0.717) is 12.1 Å². The molecule has 2 aliphatic heterocycles. The van der Waals surface area contributed by atoms with Gasteiger partial charge in [-0.3, -0.25) is 14.4 Å². The number of carbonyl (C=O) groups is 3. The van der Waals surface area contributed by atoms with Crippen LogP contribution in [0.1, 0.15) is 57.4 Å². The van der Waals surface area contributed by atoms with Crippen LogP contribution in [0.3, 0.4) is 0 Å². The molecule has 5 rings (SSSR count). The lowest BCUT2D eigenvalue weighted by Gasteiger charge is -2.36. The normalized spacial score (nSPS) is 27.2. The zero-order valence-corrected chi connectivity index (χ0v) is 22.3. The van der Waals surface area contributed by atoms with E-state index in [1.807, 2.05) is 11.1 Å². The summed E-state index contributed by atoms with van der Waals surface area (Å²) in [5, 5.41) is 10.4. The van der Waals surface area contributed by atoms with Crippen molar-refractivity contribution >= 4 is 28.7 Å². The molecule has 2 aromatic rings. The zero-order valence-electron chi connectivity index (χ0n) is 22.3. The average Bonchev–Trinajstić information content (AvgIpc) is 3.61. The molecule has 3 aliphatic rings. The molecule has 3 unspecified atom stereocenters. The van der Waals surface area contributed by atoms with Crippen LogP contribution in [0.4, 0.5) is 4.39 Å². The largest absolute Gasteiger partial charge is 0.459 e. The number of hydrogen-bond donors (Lipinski definition) is 4. The molecule has 0 spiro atoms. The Bertz CT molecular complexity index is 1200. The maximum atomic E-state index is 14.4. The van der Waals surface area contributed by atoms with Crippen LogP contribution in [-0.4, -0.2) is 78.1 Å². The number of ether oxygens (including phenoxy) is 1. The monoisotopic (exact) mass is 527 g/mol. The van der Waals surface area contributed by atoms with Gasteiger partial charge in [-0.05, 0) is 56.5 Å². The number of rotatable bonds is 7. The summed E-state index contributed by atoms with van der Waals surface area (Å²) in [6.45, 7) is 3.99. The number of benzene rings is 1. The van der Waals surface area contributed by atoms with Crippen molar-refractivity contribution in [2.75, 3.05) is 20.1 Å². The van der Waals surface area contributed by atoms with Crippen molar-refractivity contribution in [2.24, 2.45) is 5.92 Å². The number of nitrogens with one attached hydrogen (secondary N) is 4. The predicted octanol–water partition coefficient (Wildman–Crippen LogP) is 2.18. The van der Waals surface area contributed by atoms with Crippen LogP contribution in [0, 0.1) is 11.7 Å². The van der Waals surface area contributed by atoms with Gasteiger partial charge in [-0.2, -0.15) is 0 Å². The highest BCUT2D eigenvalue weighted by molar-refractivity contribution is 5.91. The van der Waals surface area contributed by atoms with E-state index >= 15 is 0 Å². The highest BCUT2D eigenvalue weighted by Crippen LogP contribution is 2.41. The molecule has 0 radical (unpaired) electrons. The maximum Gasteiger partial charge on any atom is 0.303 e. The summed E-state index contributed by atoms with van der Waals surface area (Å²) in [6, 6.07) is 3.08. The van der Waals surface area contributed by atoms with Crippen LogP contribution in [0.5, 0.6) is 0 Å². The van der Waals surface area contributed by atoms with Gasteiger partial charge >= 0.3 is 5.97 Å². The molecule has 3 fully saturated rings. The van der Waals surface area contributed by atoms with Gasteiger partial charge in [-0.15, -0.1) is 0 Å². The van der Waals surface area contributed by atoms with Gasteiger partial charge in [0.1, 0.15) is 18.0 Å². The smallest absolute Gasteiger partial charge is 0.303 e. The molecule has 3 heterocycles. The lowest BCUT2D eigenvalue weighted by atomic mass is 9.82. The number of fused-ring (bicyclic) bond motifs is 2. The van der Waals surface area contributed by atoms with Crippen LogP contribution in [0.15, 0.2) is 24.4 Å². The van der Waals surface area contributed by atoms with Crippen molar-refractivity contribution < 1.29 is 23.5 Å². The molecule has 6 atom stereocenters. The Morgan fingerprint density at radius 3 is 2.66 bits per heavy atom. The number of likely N-dealkylation sites (N-methyl/N-ethyl adjacent to an activating group) is 1. The van der Waals surface area contributed by atoms with Crippen molar-refractivity contribution in [2.45, 2.75) is 82.1 Å². The molecule has 1 saturated carbocycles. The SMILES string of the molecule is CN[C@@H](C)C(=O)NC(C(=O)N1CC(OC(C)=O)[C@H]2NCC(c3c[nH]c4cc(F)ccc34)[C@H]21)C1CCCCC1. The van der Waals surface area contributed by atoms with Gasteiger partial charge in [0.05, 0.1) is 24.7 Å². The standard InChI is InChI=1S/C28H38FN5O4/c1-15(30-3)27(36)33-24(17-7-5-4-6-8-17)28(37)34-14-23(38-16(2)35)25-26(34)21(13-32-25)20-12-31-22-11-18(29)9-10-19(20)22/h9-12,15,17,21,23-26,30-32H,4-8,13-14H2,1-3H3,(H,33,36)/t15-,21?,23?,24?,25+,26+/m0/s1. The summed E-state index contributed by atoms with van der Waals surface area (Å²) in [5.41, 5.74) is 1.69. The van der Waals surface area contributed by atoms with E-state index in [2.05, 4.69) is 20.9 Å². The van der Waals surface area contributed by atoms with Crippen molar-refractivity contribution in [3.63, 3.8) is 0 Å². The summed E-state index contributed by atoms with van der Waals surface area (Å²) in [7, 11) is 1.72. The topological polar surface area (TPSA) is 116 Å². The van der Waals surface area contributed by atoms with Gasteiger partial charge in [-0.25, -0.2) is 4.39 Å². The number of halogens is 1. The molecule has 1 aromatic heterocycles. The third-order valence-electron chi connectivity index (χ3n) is 8.68. The molecule has 4 N–H and O–H groups in total. The van der Waals surface area contributed by atoms with E-state index < -0.39 is 24.2 Å². The van der Waals surface area contributed by atoms with Gasteiger partial charge in [0, 0.05) is 36.5 Å². The fourth-order valence-corrected chi connectivity index (χ4v) is 6.67. The van der Waals surface area contributed by atoms with Crippen LogP contribution >= 0.6 is 0 Å². The van der Waals surface area contributed by atoms with Crippen LogP contribution < -0.4 is 16.0 Å². The molecule has 1 aromatic carbocycles. The van der Waals surface area contributed by atoms with E-state index in [9.17, 15) is 18.8 Å². The van der Waals surface area contributed by atoms with Gasteiger partial charge < -0.3 is 30.6 Å². The van der Waals surface area contributed by atoms with Crippen LogP contribution in [0.2, 0.25) is 0 Å². The Hall–Kier alpha value is -2.98. The fourth-order valence-electron chi connectivity index (χ4n) is 6.67. The molecule has 1 aliphatic carbocycles. The number of likely N-dealkylation sites (tertiary alicyclic amines) is 1. The third-order valence-corrected chi connectivity index (χ3v) is 8.68. The van der Waals surface area contributed by atoms with E-state index in [4.69, 9.17) is 4.74 Å². The first kappa shape index (κ1) is 26.6.